The van der Waals surface area contributed by atoms with Crippen LogP contribution in [0.4, 0.5) is 11.4 Å². The fourth-order valence-electron chi connectivity index (χ4n) is 2.74. The lowest BCUT2D eigenvalue weighted by atomic mass is 10.0. The van der Waals surface area contributed by atoms with E-state index in [1.165, 1.54) is 11.1 Å². The summed E-state index contributed by atoms with van der Waals surface area (Å²) in [6.07, 6.45) is 3.99. The molecule has 0 saturated carbocycles. The van der Waals surface area contributed by atoms with Gasteiger partial charge in [0.25, 0.3) is 0 Å². The van der Waals surface area contributed by atoms with Crippen LogP contribution in [-0.4, -0.2) is 5.71 Å². The Morgan fingerprint density at radius 2 is 1.55 bits per heavy atom. The first-order valence-corrected chi connectivity index (χ1v) is 8.24. The van der Waals surface area contributed by atoms with Crippen LogP contribution in [0.3, 0.4) is 0 Å². The summed E-state index contributed by atoms with van der Waals surface area (Å²) in [5.74, 6) is 0. The molecule has 2 N–H and O–H groups in total. The second kappa shape index (κ2) is 7.79. The Kier molecular flexibility index (Phi) is 5.76. The molecule has 0 unspecified atom stereocenters. The Bertz CT molecular complexity index is 634. The number of rotatable bonds is 6. The van der Waals surface area contributed by atoms with Crippen molar-refractivity contribution in [1.29, 1.82) is 0 Å². The summed E-state index contributed by atoms with van der Waals surface area (Å²) in [6.45, 7) is 6.55. The first kappa shape index (κ1) is 16.3. The molecule has 2 aromatic rings. The number of nitrogen functional groups attached to an aromatic ring is 1. The number of para-hydroxylation sites is 2. The van der Waals surface area contributed by atoms with Crippen LogP contribution >= 0.6 is 0 Å². The Morgan fingerprint density at radius 1 is 0.909 bits per heavy atom. The smallest absolute Gasteiger partial charge is 0.0696 e. The minimum atomic E-state index is 0.807. The van der Waals surface area contributed by atoms with E-state index in [-0.39, 0.29) is 0 Å². The monoisotopic (exact) mass is 294 g/mol. The minimum Gasteiger partial charge on any atom is -0.398 e. The van der Waals surface area contributed by atoms with Gasteiger partial charge in [-0.3, -0.25) is 4.99 Å². The van der Waals surface area contributed by atoms with Gasteiger partial charge in [0.2, 0.25) is 0 Å². The van der Waals surface area contributed by atoms with Crippen molar-refractivity contribution in [2.75, 3.05) is 5.73 Å². The maximum Gasteiger partial charge on any atom is 0.0696 e. The molecule has 22 heavy (non-hydrogen) atoms. The van der Waals surface area contributed by atoms with Gasteiger partial charge in [-0.1, -0.05) is 63.6 Å². The van der Waals surface area contributed by atoms with Gasteiger partial charge >= 0.3 is 0 Å². The van der Waals surface area contributed by atoms with E-state index in [9.17, 15) is 0 Å². The number of nitrogens with two attached hydrogens (primary N) is 1. The zero-order valence-corrected chi connectivity index (χ0v) is 13.9. The SMILES string of the molecule is CCCC(=Nc1c(CC)cccc1CC)c1ccccc1N. The van der Waals surface area contributed by atoms with Crippen LogP contribution in [0, 0.1) is 0 Å². The number of hydrogen-bond acceptors (Lipinski definition) is 2. The van der Waals surface area contributed by atoms with E-state index in [4.69, 9.17) is 10.7 Å². The van der Waals surface area contributed by atoms with Gasteiger partial charge in [0.1, 0.15) is 0 Å². The Balaban J connectivity index is 2.58. The fraction of sp³-hybridized carbons (Fsp3) is 0.350. The van der Waals surface area contributed by atoms with Crippen LogP contribution < -0.4 is 5.73 Å². The third-order valence-electron chi connectivity index (χ3n) is 3.97. The van der Waals surface area contributed by atoms with Crippen LogP contribution in [0.5, 0.6) is 0 Å². The molecular weight excluding hydrogens is 268 g/mol. The molecule has 0 atom stereocenters. The van der Waals surface area contributed by atoms with Gasteiger partial charge in [-0.25, -0.2) is 0 Å². The minimum absolute atomic E-state index is 0.807. The molecular formula is C20H26N2. The summed E-state index contributed by atoms with van der Waals surface area (Å²) in [5, 5.41) is 0. The predicted molar refractivity (Wildman–Crippen MR) is 97.2 cm³/mol. The van der Waals surface area contributed by atoms with Gasteiger partial charge in [-0.05, 0) is 36.5 Å². The lowest BCUT2D eigenvalue weighted by Crippen LogP contribution is -2.05. The Morgan fingerprint density at radius 3 is 2.09 bits per heavy atom. The van der Waals surface area contributed by atoms with E-state index in [0.717, 1.165) is 48.3 Å². The summed E-state index contributed by atoms with van der Waals surface area (Å²) in [7, 11) is 0. The topological polar surface area (TPSA) is 38.4 Å². The van der Waals surface area contributed by atoms with Crippen molar-refractivity contribution in [3.8, 4) is 0 Å². The molecule has 116 valence electrons. The van der Waals surface area contributed by atoms with Crippen molar-refractivity contribution in [2.45, 2.75) is 46.5 Å². The highest BCUT2D eigenvalue weighted by Crippen LogP contribution is 2.28. The van der Waals surface area contributed by atoms with Crippen molar-refractivity contribution in [1.82, 2.24) is 0 Å². The van der Waals surface area contributed by atoms with Crippen LogP contribution in [0.25, 0.3) is 0 Å². The van der Waals surface area contributed by atoms with Crippen LogP contribution in [0.2, 0.25) is 0 Å². The van der Waals surface area contributed by atoms with E-state index >= 15 is 0 Å². The molecule has 2 heteroatoms. The van der Waals surface area contributed by atoms with Crippen molar-refractivity contribution in [2.24, 2.45) is 4.99 Å². The quantitative estimate of drug-likeness (QED) is 0.568. The number of hydrogen-bond donors (Lipinski definition) is 1. The van der Waals surface area contributed by atoms with Crippen molar-refractivity contribution >= 4 is 17.1 Å². The normalized spacial score (nSPS) is 11.7. The van der Waals surface area contributed by atoms with E-state index in [2.05, 4.69) is 45.0 Å². The molecule has 2 nitrogen and oxygen atoms in total. The zero-order chi connectivity index (χ0) is 15.9. The molecule has 0 bridgehead atoms. The lowest BCUT2D eigenvalue weighted by molar-refractivity contribution is 0.989. The molecule has 2 aromatic carbocycles. The number of nitrogens with zero attached hydrogens (tertiary/aromatic N) is 1. The molecule has 0 amide bonds. The molecule has 0 aromatic heterocycles. The largest absolute Gasteiger partial charge is 0.398 e. The Hall–Kier alpha value is -2.09. The van der Waals surface area contributed by atoms with Gasteiger partial charge in [-0.15, -0.1) is 0 Å². The average molecular weight is 294 g/mol. The van der Waals surface area contributed by atoms with Gasteiger partial charge in [0.05, 0.1) is 11.4 Å². The molecule has 0 fully saturated rings. The summed E-state index contributed by atoms with van der Waals surface area (Å²) in [4.78, 5) is 5.06. The second-order valence-corrected chi connectivity index (χ2v) is 5.53. The second-order valence-electron chi connectivity index (χ2n) is 5.53. The van der Waals surface area contributed by atoms with E-state index < -0.39 is 0 Å². The molecule has 0 aliphatic carbocycles. The predicted octanol–water partition coefficient (Wildman–Crippen LogP) is 5.31. The summed E-state index contributed by atoms with van der Waals surface area (Å²) in [5.41, 5.74) is 12.9. The van der Waals surface area contributed by atoms with Gasteiger partial charge in [0, 0.05) is 11.3 Å². The maximum absolute atomic E-state index is 6.17. The van der Waals surface area contributed by atoms with Crippen molar-refractivity contribution in [3.63, 3.8) is 0 Å². The van der Waals surface area contributed by atoms with Crippen molar-refractivity contribution < 1.29 is 0 Å². The first-order chi connectivity index (χ1) is 10.7. The van der Waals surface area contributed by atoms with Crippen LogP contribution in [-0.2, 0) is 12.8 Å². The van der Waals surface area contributed by atoms with Gasteiger partial charge in [-0.2, -0.15) is 0 Å². The van der Waals surface area contributed by atoms with Crippen LogP contribution in [0.1, 0.15) is 50.3 Å². The van der Waals surface area contributed by atoms with E-state index in [0.29, 0.717) is 0 Å². The average Bonchev–Trinajstić information content (AvgIpc) is 2.55. The van der Waals surface area contributed by atoms with Gasteiger partial charge in [0.15, 0.2) is 0 Å². The molecule has 0 heterocycles. The van der Waals surface area contributed by atoms with Crippen LogP contribution in [0.15, 0.2) is 47.5 Å². The Labute approximate surface area is 134 Å². The van der Waals surface area contributed by atoms with E-state index in [1.54, 1.807) is 0 Å². The maximum atomic E-state index is 6.17. The third kappa shape index (κ3) is 3.56. The summed E-state index contributed by atoms with van der Waals surface area (Å²) in [6, 6.07) is 14.5. The molecule has 0 radical (unpaired) electrons. The number of aryl methyl sites for hydroxylation is 2. The molecule has 0 aliphatic heterocycles. The lowest BCUT2D eigenvalue weighted by Gasteiger charge is -2.13. The highest BCUT2D eigenvalue weighted by Gasteiger charge is 2.10. The highest BCUT2D eigenvalue weighted by molar-refractivity contribution is 6.06. The molecule has 0 spiro atoms. The number of anilines is 1. The molecule has 0 saturated heterocycles. The fourth-order valence-corrected chi connectivity index (χ4v) is 2.74. The summed E-state index contributed by atoms with van der Waals surface area (Å²) >= 11 is 0. The van der Waals surface area contributed by atoms with Crippen molar-refractivity contribution in [3.05, 3.63) is 59.2 Å². The number of benzene rings is 2. The molecule has 2 rings (SSSR count). The summed E-state index contributed by atoms with van der Waals surface area (Å²) < 4.78 is 0. The van der Waals surface area contributed by atoms with E-state index in [1.807, 2.05) is 18.2 Å². The first-order valence-electron chi connectivity index (χ1n) is 8.24. The van der Waals surface area contributed by atoms with Gasteiger partial charge < -0.3 is 5.73 Å². The third-order valence-corrected chi connectivity index (χ3v) is 3.97. The number of aliphatic imine (C=N–C) groups is 1. The highest BCUT2D eigenvalue weighted by atomic mass is 14.8. The zero-order valence-electron chi connectivity index (χ0n) is 13.9. The molecule has 0 aliphatic rings. The standard InChI is InChI=1S/C20H26N2/c1-4-10-19(17-13-7-8-14-18(17)21)22-20-15(5-2)11-9-12-16(20)6-3/h7-9,11-14H,4-6,10,21H2,1-3H3.